The van der Waals surface area contributed by atoms with Gasteiger partial charge in [0, 0.05) is 24.7 Å². The minimum Gasteiger partial charge on any atom is -0.330 e. The van der Waals surface area contributed by atoms with Gasteiger partial charge in [-0.15, -0.1) is 0 Å². The van der Waals surface area contributed by atoms with Gasteiger partial charge in [-0.2, -0.15) is 5.10 Å². The van der Waals surface area contributed by atoms with Gasteiger partial charge >= 0.3 is 0 Å². The van der Waals surface area contributed by atoms with E-state index in [0.29, 0.717) is 24.5 Å². The number of amides is 1. The lowest BCUT2D eigenvalue weighted by atomic mass is 10.0. The van der Waals surface area contributed by atoms with Crippen LogP contribution in [0.2, 0.25) is 0 Å². The first-order chi connectivity index (χ1) is 13.0. The van der Waals surface area contributed by atoms with E-state index < -0.39 is 9.84 Å². The summed E-state index contributed by atoms with van der Waals surface area (Å²) in [5.41, 5.74) is 2.04. The Kier molecular flexibility index (Phi) is 4.77. The Labute approximate surface area is 159 Å². The van der Waals surface area contributed by atoms with Crippen molar-refractivity contribution in [1.29, 1.82) is 0 Å². The highest BCUT2D eigenvalue weighted by Crippen LogP contribution is 2.28. The van der Waals surface area contributed by atoms with E-state index in [9.17, 15) is 13.2 Å². The van der Waals surface area contributed by atoms with Crippen LogP contribution in [0.4, 0.5) is 0 Å². The molecule has 3 heterocycles. The predicted octanol–water partition coefficient (Wildman–Crippen LogP) is 1.41. The summed E-state index contributed by atoms with van der Waals surface area (Å²) in [5.74, 6) is 0.0103. The molecule has 0 unspecified atom stereocenters. The highest BCUT2D eigenvalue weighted by molar-refractivity contribution is 7.91. The van der Waals surface area contributed by atoms with Crippen molar-refractivity contribution in [3.8, 4) is 11.3 Å². The maximum atomic E-state index is 13.1. The van der Waals surface area contributed by atoms with Crippen LogP contribution in [-0.2, 0) is 9.84 Å². The van der Waals surface area contributed by atoms with Crippen molar-refractivity contribution in [2.45, 2.75) is 25.4 Å². The SMILES string of the molecule is CCCN1CCN(C(=O)c2cc(-c3ccccc3)n[nH]2)[C@H]2CS(=O)(=O)C[C@H]21. The van der Waals surface area contributed by atoms with Gasteiger partial charge in [0.2, 0.25) is 0 Å². The molecule has 2 aliphatic heterocycles. The second kappa shape index (κ2) is 7.09. The Morgan fingerprint density at radius 1 is 1.19 bits per heavy atom. The number of carbonyl (C=O) groups excluding carboxylic acids is 1. The lowest BCUT2D eigenvalue weighted by Gasteiger charge is -2.43. The molecule has 27 heavy (non-hydrogen) atoms. The third-order valence-electron chi connectivity index (χ3n) is 5.44. The largest absolute Gasteiger partial charge is 0.330 e. The fraction of sp³-hybridized carbons (Fsp3) is 0.474. The number of hydrogen-bond donors (Lipinski definition) is 1. The molecule has 144 valence electrons. The lowest BCUT2D eigenvalue weighted by Crippen LogP contribution is -2.60. The van der Waals surface area contributed by atoms with Gasteiger partial charge in [-0.25, -0.2) is 8.42 Å². The minimum absolute atomic E-state index is 0.0449. The third-order valence-corrected chi connectivity index (χ3v) is 7.14. The van der Waals surface area contributed by atoms with Crippen molar-refractivity contribution >= 4 is 15.7 Å². The van der Waals surface area contributed by atoms with E-state index in [1.54, 1.807) is 11.0 Å². The molecular formula is C19H24N4O3S. The molecule has 4 rings (SSSR count). The number of aromatic amines is 1. The van der Waals surface area contributed by atoms with E-state index in [1.807, 2.05) is 30.3 Å². The molecule has 0 spiro atoms. The molecule has 0 saturated carbocycles. The van der Waals surface area contributed by atoms with Crippen LogP contribution in [0.3, 0.4) is 0 Å². The van der Waals surface area contributed by atoms with Crippen LogP contribution in [0.15, 0.2) is 36.4 Å². The van der Waals surface area contributed by atoms with Crippen molar-refractivity contribution in [2.24, 2.45) is 0 Å². The van der Waals surface area contributed by atoms with Gasteiger partial charge < -0.3 is 4.90 Å². The lowest BCUT2D eigenvalue weighted by molar-refractivity contribution is 0.0328. The first-order valence-electron chi connectivity index (χ1n) is 9.35. The maximum Gasteiger partial charge on any atom is 0.272 e. The molecule has 2 atom stereocenters. The Bertz CT molecular complexity index is 925. The van der Waals surface area contributed by atoms with E-state index in [4.69, 9.17) is 0 Å². The smallest absolute Gasteiger partial charge is 0.272 e. The van der Waals surface area contributed by atoms with Crippen LogP contribution in [-0.4, -0.2) is 77.5 Å². The Hall–Kier alpha value is -2.19. The minimum atomic E-state index is -3.13. The summed E-state index contributed by atoms with van der Waals surface area (Å²) >= 11 is 0. The predicted molar refractivity (Wildman–Crippen MR) is 103 cm³/mol. The summed E-state index contributed by atoms with van der Waals surface area (Å²) in [6.45, 7) is 4.19. The molecule has 2 aliphatic rings. The number of rotatable bonds is 4. The fourth-order valence-electron chi connectivity index (χ4n) is 4.18. The summed E-state index contributed by atoms with van der Waals surface area (Å²) in [5, 5.41) is 7.09. The standard InChI is InChI=1S/C19H24N4O3S/c1-2-8-22-9-10-23(18-13-27(25,26)12-17(18)22)19(24)16-11-15(20-21-16)14-6-4-3-5-7-14/h3-7,11,17-18H,2,8-10,12-13H2,1H3,(H,20,21)/t17-,18+/m1/s1. The zero-order valence-electron chi connectivity index (χ0n) is 15.3. The van der Waals surface area contributed by atoms with Crippen molar-refractivity contribution < 1.29 is 13.2 Å². The molecule has 1 N–H and O–H groups in total. The first-order valence-corrected chi connectivity index (χ1v) is 11.2. The highest BCUT2D eigenvalue weighted by Gasteiger charge is 2.48. The van der Waals surface area contributed by atoms with Crippen LogP contribution in [0, 0.1) is 0 Å². The number of fused-ring (bicyclic) bond motifs is 1. The topological polar surface area (TPSA) is 86.4 Å². The summed E-state index contributed by atoms with van der Waals surface area (Å²) in [7, 11) is -3.13. The van der Waals surface area contributed by atoms with Gasteiger partial charge in [0.25, 0.3) is 5.91 Å². The zero-order valence-corrected chi connectivity index (χ0v) is 16.2. The Balaban J connectivity index is 1.58. The second-order valence-electron chi connectivity index (χ2n) is 7.28. The zero-order chi connectivity index (χ0) is 19.0. The first kappa shape index (κ1) is 18.2. The Morgan fingerprint density at radius 2 is 1.93 bits per heavy atom. The number of benzene rings is 1. The summed E-state index contributed by atoms with van der Waals surface area (Å²) in [4.78, 5) is 17.1. The van der Waals surface area contributed by atoms with Crippen LogP contribution in [0.1, 0.15) is 23.8 Å². The molecule has 1 amide bonds. The van der Waals surface area contributed by atoms with E-state index in [0.717, 1.165) is 18.5 Å². The number of H-pyrrole nitrogens is 1. The van der Waals surface area contributed by atoms with Gasteiger partial charge in [-0.3, -0.25) is 14.8 Å². The number of sulfone groups is 1. The van der Waals surface area contributed by atoms with E-state index in [-0.39, 0.29) is 29.5 Å². The van der Waals surface area contributed by atoms with Gasteiger partial charge in [-0.1, -0.05) is 37.3 Å². The van der Waals surface area contributed by atoms with Crippen LogP contribution in [0.5, 0.6) is 0 Å². The summed E-state index contributed by atoms with van der Waals surface area (Å²) in [6, 6.07) is 11.0. The summed E-state index contributed by atoms with van der Waals surface area (Å²) in [6.07, 6.45) is 0.970. The fourth-order valence-corrected chi connectivity index (χ4v) is 6.20. The third kappa shape index (κ3) is 3.51. The monoisotopic (exact) mass is 388 g/mol. The number of hydrogen-bond acceptors (Lipinski definition) is 5. The molecular weight excluding hydrogens is 364 g/mol. The van der Waals surface area contributed by atoms with Crippen LogP contribution >= 0.6 is 0 Å². The van der Waals surface area contributed by atoms with Crippen LogP contribution < -0.4 is 0 Å². The van der Waals surface area contributed by atoms with Gasteiger partial charge in [0.05, 0.1) is 23.2 Å². The van der Waals surface area contributed by atoms with Gasteiger partial charge in [-0.05, 0) is 19.0 Å². The molecule has 2 aromatic rings. The van der Waals surface area contributed by atoms with Crippen molar-refractivity contribution in [1.82, 2.24) is 20.0 Å². The number of aromatic nitrogens is 2. The molecule has 2 saturated heterocycles. The quantitative estimate of drug-likeness (QED) is 0.856. The van der Waals surface area contributed by atoms with E-state index >= 15 is 0 Å². The van der Waals surface area contributed by atoms with Crippen LogP contribution in [0.25, 0.3) is 11.3 Å². The molecule has 1 aromatic heterocycles. The molecule has 0 bridgehead atoms. The second-order valence-corrected chi connectivity index (χ2v) is 9.43. The number of carbonyl (C=O) groups is 1. The summed E-state index contributed by atoms with van der Waals surface area (Å²) < 4.78 is 24.5. The van der Waals surface area contributed by atoms with Gasteiger partial charge in [0.15, 0.2) is 9.84 Å². The average Bonchev–Trinajstić information content (AvgIpc) is 3.26. The molecule has 7 nitrogen and oxygen atoms in total. The molecule has 0 radical (unpaired) electrons. The van der Waals surface area contributed by atoms with Crippen molar-refractivity contribution in [2.75, 3.05) is 31.1 Å². The Morgan fingerprint density at radius 3 is 2.67 bits per heavy atom. The van der Waals surface area contributed by atoms with E-state index in [1.165, 1.54) is 0 Å². The average molecular weight is 388 g/mol. The maximum absolute atomic E-state index is 13.1. The van der Waals surface area contributed by atoms with Gasteiger partial charge in [0.1, 0.15) is 5.69 Å². The number of piperazine rings is 1. The molecule has 0 aliphatic carbocycles. The van der Waals surface area contributed by atoms with E-state index in [2.05, 4.69) is 22.0 Å². The highest BCUT2D eigenvalue weighted by atomic mass is 32.2. The van der Waals surface area contributed by atoms with Crippen molar-refractivity contribution in [3.05, 3.63) is 42.1 Å². The molecule has 8 heteroatoms. The molecule has 1 aromatic carbocycles. The number of nitrogens with one attached hydrogen (secondary N) is 1. The number of nitrogens with zero attached hydrogens (tertiary/aromatic N) is 3. The van der Waals surface area contributed by atoms with Crippen molar-refractivity contribution in [3.63, 3.8) is 0 Å². The molecule has 2 fully saturated rings. The normalized spacial score (nSPS) is 24.7.